The van der Waals surface area contributed by atoms with Crippen molar-refractivity contribution in [3.05, 3.63) is 64.3 Å². The van der Waals surface area contributed by atoms with E-state index >= 15 is 0 Å². The van der Waals surface area contributed by atoms with Crippen LogP contribution in [0.4, 0.5) is 0 Å². The number of halogens is 1. The van der Waals surface area contributed by atoms with E-state index in [9.17, 15) is 9.59 Å². The summed E-state index contributed by atoms with van der Waals surface area (Å²) in [7, 11) is 0. The Bertz CT molecular complexity index is 1240. The highest BCUT2D eigenvalue weighted by atomic mass is 35.5. The van der Waals surface area contributed by atoms with Gasteiger partial charge >= 0.3 is 0 Å². The van der Waals surface area contributed by atoms with Crippen LogP contribution in [0.3, 0.4) is 0 Å². The van der Waals surface area contributed by atoms with Crippen LogP contribution in [0.1, 0.15) is 46.6 Å². The lowest BCUT2D eigenvalue weighted by molar-refractivity contribution is -0.128. The van der Waals surface area contributed by atoms with Gasteiger partial charge in [0.1, 0.15) is 5.49 Å². The van der Waals surface area contributed by atoms with E-state index in [4.69, 9.17) is 28.2 Å². The van der Waals surface area contributed by atoms with E-state index in [1.54, 1.807) is 32.2 Å². The van der Waals surface area contributed by atoms with Crippen LogP contribution < -0.4 is 16.5 Å². The molecule has 0 bridgehead atoms. The van der Waals surface area contributed by atoms with Gasteiger partial charge in [-0.15, -0.1) is 0 Å². The van der Waals surface area contributed by atoms with Crippen LogP contribution in [0.25, 0.3) is 17.5 Å². The summed E-state index contributed by atoms with van der Waals surface area (Å²) in [5.41, 5.74) is 7.52. The van der Waals surface area contributed by atoms with Crippen molar-refractivity contribution < 1.29 is 9.59 Å². The summed E-state index contributed by atoms with van der Waals surface area (Å²) in [6.07, 6.45) is 6.78. The lowest BCUT2D eigenvalue weighted by Gasteiger charge is -2.32. The predicted molar refractivity (Wildman–Crippen MR) is 148 cm³/mol. The van der Waals surface area contributed by atoms with Crippen LogP contribution >= 0.6 is 11.6 Å². The van der Waals surface area contributed by atoms with Crippen molar-refractivity contribution in [1.29, 1.82) is 10.8 Å². The molecule has 0 aliphatic rings. The fourth-order valence-electron chi connectivity index (χ4n) is 3.65. The standard InChI is InChI=1S/C27H36ClN7O2/c1-26(2,3)21-16-23(19-8-10-20(28)11-9-19)33-35(24(21)31)15-7-6-14-34(17-27(4,5)32-18-36)25(37)22(30)12-13-29/h7-13,15-16,18,29,31H,6,14,17,30H2,1-5H3,(H,32,36)/b15-7+,22-12-,29-13?,31-24?. The number of benzene rings is 1. The smallest absolute Gasteiger partial charge is 0.269 e. The Morgan fingerprint density at radius 1 is 1.22 bits per heavy atom. The number of hydrogen-bond acceptors (Lipinski definition) is 6. The van der Waals surface area contributed by atoms with Crippen LogP contribution in [0.2, 0.25) is 5.02 Å². The molecule has 2 amide bonds. The number of nitrogens with two attached hydrogens (primary N) is 1. The van der Waals surface area contributed by atoms with E-state index in [0.717, 1.165) is 17.3 Å². The highest BCUT2D eigenvalue weighted by Gasteiger charge is 2.25. The molecule has 1 heterocycles. The number of nitrogens with zero attached hydrogens (tertiary/aromatic N) is 3. The molecule has 0 saturated carbocycles. The van der Waals surface area contributed by atoms with Crippen molar-refractivity contribution >= 4 is 36.3 Å². The Labute approximate surface area is 223 Å². The summed E-state index contributed by atoms with van der Waals surface area (Å²) in [5.74, 6) is -0.426. The first-order valence-corrected chi connectivity index (χ1v) is 12.3. The Morgan fingerprint density at radius 2 is 1.86 bits per heavy atom. The number of carbonyl (C=O) groups excluding carboxylic acids is 2. The van der Waals surface area contributed by atoms with Crippen LogP contribution in [0.15, 0.2) is 48.2 Å². The van der Waals surface area contributed by atoms with E-state index in [1.165, 1.54) is 15.7 Å². The molecule has 0 aliphatic heterocycles. The normalized spacial score (nSPS) is 12.4. The molecule has 198 valence electrons. The molecule has 37 heavy (non-hydrogen) atoms. The molecule has 9 nitrogen and oxygen atoms in total. The quantitative estimate of drug-likeness (QED) is 0.202. The number of hydrogen-bond donors (Lipinski definition) is 4. The Hall–Kier alpha value is -3.72. The highest BCUT2D eigenvalue weighted by molar-refractivity contribution is 6.30. The van der Waals surface area contributed by atoms with Gasteiger partial charge in [0.15, 0.2) is 0 Å². The van der Waals surface area contributed by atoms with Crippen molar-refractivity contribution in [2.45, 2.75) is 52.0 Å². The van der Waals surface area contributed by atoms with Crippen LogP contribution in [-0.4, -0.2) is 51.8 Å². The maximum absolute atomic E-state index is 12.8. The minimum Gasteiger partial charge on any atom is -0.394 e. The molecule has 0 unspecified atom stereocenters. The van der Waals surface area contributed by atoms with Gasteiger partial charge in [0.2, 0.25) is 6.41 Å². The number of aromatic nitrogens is 2. The van der Waals surface area contributed by atoms with Gasteiger partial charge in [0.25, 0.3) is 5.91 Å². The molecule has 0 radical (unpaired) electrons. The van der Waals surface area contributed by atoms with Crippen LogP contribution in [-0.2, 0) is 15.0 Å². The highest BCUT2D eigenvalue weighted by Crippen LogP contribution is 2.24. The van der Waals surface area contributed by atoms with E-state index in [1.807, 2.05) is 45.0 Å². The van der Waals surface area contributed by atoms with Gasteiger partial charge in [-0.2, -0.15) is 5.10 Å². The molecule has 1 aromatic heterocycles. The van der Waals surface area contributed by atoms with Crippen molar-refractivity contribution in [3.63, 3.8) is 0 Å². The third-order valence-electron chi connectivity index (χ3n) is 5.57. The topological polar surface area (TPSA) is 141 Å². The third kappa shape index (κ3) is 8.42. The minimum atomic E-state index is -0.675. The number of allylic oxidation sites excluding steroid dienone is 1. The molecular formula is C27H36ClN7O2. The van der Waals surface area contributed by atoms with Gasteiger partial charge in [-0.05, 0) is 50.0 Å². The van der Waals surface area contributed by atoms with Crippen LogP contribution in [0.5, 0.6) is 0 Å². The van der Waals surface area contributed by atoms with E-state index in [0.29, 0.717) is 30.1 Å². The Morgan fingerprint density at radius 3 is 2.43 bits per heavy atom. The van der Waals surface area contributed by atoms with Gasteiger partial charge in [-0.25, -0.2) is 4.68 Å². The summed E-state index contributed by atoms with van der Waals surface area (Å²) >= 11 is 6.05. The molecule has 10 heteroatoms. The maximum Gasteiger partial charge on any atom is 0.269 e. The molecule has 0 atom stereocenters. The maximum atomic E-state index is 12.8. The molecule has 5 N–H and O–H groups in total. The van der Waals surface area contributed by atoms with Crippen molar-refractivity contribution in [3.8, 4) is 11.3 Å². The fourth-order valence-corrected chi connectivity index (χ4v) is 3.77. The molecule has 0 spiro atoms. The molecule has 0 fully saturated rings. The van der Waals surface area contributed by atoms with E-state index in [-0.39, 0.29) is 23.1 Å². The zero-order valence-electron chi connectivity index (χ0n) is 22.0. The monoisotopic (exact) mass is 525 g/mol. The summed E-state index contributed by atoms with van der Waals surface area (Å²) < 4.78 is 1.53. The van der Waals surface area contributed by atoms with Crippen molar-refractivity contribution in [2.75, 3.05) is 13.1 Å². The van der Waals surface area contributed by atoms with Crippen molar-refractivity contribution in [1.82, 2.24) is 20.0 Å². The van der Waals surface area contributed by atoms with Crippen LogP contribution in [0, 0.1) is 10.8 Å². The first-order chi connectivity index (χ1) is 17.3. The number of amides is 2. The van der Waals surface area contributed by atoms with E-state index in [2.05, 4.69) is 10.4 Å². The predicted octanol–water partition coefficient (Wildman–Crippen LogP) is 3.69. The van der Waals surface area contributed by atoms with Crippen molar-refractivity contribution in [2.24, 2.45) is 5.73 Å². The largest absolute Gasteiger partial charge is 0.394 e. The molecular weight excluding hydrogens is 490 g/mol. The third-order valence-corrected chi connectivity index (χ3v) is 5.83. The van der Waals surface area contributed by atoms with E-state index < -0.39 is 11.4 Å². The van der Waals surface area contributed by atoms with Gasteiger partial charge in [-0.3, -0.25) is 15.0 Å². The average Bonchev–Trinajstić information content (AvgIpc) is 2.81. The molecule has 0 saturated heterocycles. The fraction of sp³-hybridized carbons (Fsp3) is 0.370. The van der Waals surface area contributed by atoms with Gasteiger partial charge < -0.3 is 21.4 Å². The second-order valence-electron chi connectivity index (χ2n) is 10.3. The number of rotatable bonds is 11. The SMILES string of the molecule is CC(C)(CN(CC/C=C/n1nc(-c2ccc(Cl)cc2)cc(C(C)(C)C)c1=N)C(=O)/C(N)=C/C=N)NC=O. The molecule has 2 aromatic rings. The summed E-state index contributed by atoms with van der Waals surface area (Å²) in [4.78, 5) is 25.4. The second-order valence-corrected chi connectivity index (χ2v) is 10.8. The number of nitrogens with one attached hydrogen (secondary N) is 3. The second kappa shape index (κ2) is 12.5. The van der Waals surface area contributed by atoms with Gasteiger partial charge in [0, 0.05) is 41.7 Å². The minimum absolute atomic E-state index is 0.0594. The zero-order valence-corrected chi connectivity index (χ0v) is 22.8. The summed E-state index contributed by atoms with van der Waals surface area (Å²) in [6.45, 7) is 10.3. The molecule has 2 rings (SSSR count). The number of carbonyl (C=O) groups is 2. The summed E-state index contributed by atoms with van der Waals surface area (Å²) in [6, 6.07) is 9.31. The molecule has 1 aromatic carbocycles. The zero-order chi connectivity index (χ0) is 27.8. The molecule has 0 aliphatic carbocycles. The Kier molecular flexibility index (Phi) is 9.96. The summed E-state index contributed by atoms with van der Waals surface area (Å²) in [5, 5.41) is 23.9. The first-order valence-electron chi connectivity index (χ1n) is 11.9. The lowest BCUT2D eigenvalue weighted by atomic mass is 9.87. The average molecular weight is 526 g/mol. The first kappa shape index (κ1) is 29.5. The van der Waals surface area contributed by atoms with Gasteiger partial charge in [-0.1, -0.05) is 50.6 Å². The Balaban J connectivity index is 2.35. The van der Waals surface area contributed by atoms with Gasteiger partial charge in [0.05, 0.1) is 16.9 Å². The lowest BCUT2D eigenvalue weighted by Crippen LogP contribution is -2.51.